The van der Waals surface area contributed by atoms with Crippen molar-refractivity contribution in [1.82, 2.24) is 20.1 Å². The first kappa shape index (κ1) is 24.4. The number of benzene rings is 2. The molecule has 2 amide bonds. The normalized spacial score (nSPS) is 10.7. The van der Waals surface area contributed by atoms with Crippen LogP contribution in [0.4, 0.5) is 10.1 Å². The van der Waals surface area contributed by atoms with Gasteiger partial charge in [-0.2, -0.15) is 0 Å². The first-order chi connectivity index (χ1) is 17.0. The van der Waals surface area contributed by atoms with Crippen molar-refractivity contribution >= 4 is 40.6 Å². The zero-order chi connectivity index (χ0) is 24.6. The molecule has 8 nitrogen and oxygen atoms in total. The number of ether oxygens (including phenoxy) is 1. The summed E-state index contributed by atoms with van der Waals surface area (Å²) in [6.07, 6.45) is 0. The fourth-order valence-corrected chi connectivity index (χ4v) is 4.55. The largest absolute Gasteiger partial charge is 0.494 e. The molecule has 0 atom stereocenters. The van der Waals surface area contributed by atoms with Gasteiger partial charge in [-0.25, -0.2) is 4.39 Å². The molecule has 0 unspecified atom stereocenters. The molecule has 0 fully saturated rings. The monoisotopic (exact) mass is 511 g/mol. The lowest BCUT2D eigenvalue weighted by Crippen LogP contribution is -2.24. The summed E-state index contributed by atoms with van der Waals surface area (Å²) < 4.78 is 20.6. The van der Waals surface area contributed by atoms with Crippen molar-refractivity contribution in [3.05, 3.63) is 82.6 Å². The molecule has 180 valence electrons. The van der Waals surface area contributed by atoms with Gasteiger partial charge in [-0.1, -0.05) is 17.8 Å². The number of hydrogen-bond donors (Lipinski definition) is 2. The summed E-state index contributed by atoms with van der Waals surface area (Å²) in [5.41, 5.74) is 1.27. The fraction of sp³-hybridized carbons (Fsp3) is 0.167. The Bertz CT molecular complexity index is 1280. The lowest BCUT2D eigenvalue weighted by molar-refractivity contribution is -0.113. The van der Waals surface area contributed by atoms with Gasteiger partial charge in [0.2, 0.25) is 5.91 Å². The lowest BCUT2D eigenvalue weighted by atomic mass is 10.3. The SMILES string of the molecule is CCOc1ccc(NC(=O)CSc2nnc(CNC(=O)c3cccs3)n2-c2ccc(F)cc2)cc1. The molecule has 0 aliphatic heterocycles. The van der Waals surface area contributed by atoms with Gasteiger partial charge in [-0.15, -0.1) is 21.5 Å². The number of amides is 2. The Morgan fingerprint density at radius 3 is 2.54 bits per heavy atom. The topological polar surface area (TPSA) is 98.1 Å². The quantitative estimate of drug-likeness (QED) is 0.304. The minimum atomic E-state index is -0.377. The fourth-order valence-electron chi connectivity index (χ4n) is 3.14. The number of anilines is 1. The molecule has 2 aromatic carbocycles. The number of hydrogen-bond acceptors (Lipinski definition) is 7. The van der Waals surface area contributed by atoms with E-state index in [1.165, 1.54) is 35.2 Å². The van der Waals surface area contributed by atoms with Crippen LogP contribution in [0, 0.1) is 5.82 Å². The summed E-state index contributed by atoms with van der Waals surface area (Å²) in [7, 11) is 0. The van der Waals surface area contributed by atoms with Crippen LogP contribution < -0.4 is 15.4 Å². The zero-order valence-electron chi connectivity index (χ0n) is 18.7. The van der Waals surface area contributed by atoms with E-state index in [4.69, 9.17) is 4.74 Å². The van der Waals surface area contributed by atoms with Crippen LogP contribution in [0.25, 0.3) is 5.69 Å². The molecule has 0 saturated carbocycles. The van der Waals surface area contributed by atoms with Gasteiger partial charge in [0.1, 0.15) is 11.6 Å². The Morgan fingerprint density at radius 2 is 1.86 bits per heavy atom. The number of carbonyl (C=O) groups excluding carboxylic acids is 2. The second kappa shape index (κ2) is 11.6. The maximum Gasteiger partial charge on any atom is 0.261 e. The van der Waals surface area contributed by atoms with Crippen molar-refractivity contribution in [2.24, 2.45) is 0 Å². The summed E-state index contributed by atoms with van der Waals surface area (Å²) >= 11 is 2.52. The third kappa shape index (κ3) is 6.46. The highest BCUT2D eigenvalue weighted by Gasteiger charge is 2.17. The molecule has 0 spiro atoms. The van der Waals surface area contributed by atoms with E-state index in [2.05, 4.69) is 20.8 Å². The van der Waals surface area contributed by atoms with E-state index < -0.39 is 0 Å². The molecule has 0 aliphatic carbocycles. The predicted molar refractivity (Wildman–Crippen MR) is 134 cm³/mol. The standard InChI is InChI=1S/C24H22FN5O3S2/c1-2-33-19-11-7-17(8-12-19)27-22(31)15-35-24-29-28-21(14-26-23(32)20-4-3-13-34-20)30(24)18-9-5-16(25)6-10-18/h3-13H,2,14-15H2,1H3,(H,26,32)(H,27,31). The van der Waals surface area contributed by atoms with Gasteiger partial charge in [0.05, 0.1) is 23.8 Å². The van der Waals surface area contributed by atoms with Gasteiger partial charge >= 0.3 is 0 Å². The molecule has 0 bridgehead atoms. The van der Waals surface area contributed by atoms with E-state index in [-0.39, 0.29) is 29.9 Å². The van der Waals surface area contributed by atoms with E-state index in [1.54, 1.807) is 53.1 Å². The molecule has 11 heteroatoms. The van der Waals surface area contributed by atoms with E-state index in [9.17, 15) is 14.0 Å². The van der Waals surface area contributed by atoms with Crippen LogP contribution in [0.3, 0.4) is 0 Å². The summed E-state index contributed by atoms with van der Waals surface area (Å²) in [6, 6.07) is 16.5. The van der Waals surface area contributed by atoms with Crippen LogP contribution in [0.5, 0.6) is 5.75 Å². The van der Waals surface area contributed by atoms with Gasteiger partial charge in [-0.05, 0) is 66.9 Å². The van der Waals surface area contributed by atoms with Crippen molar-refractivity contribution in [1.29, 1.82) is 0 Å². The predicted octanol–water partition coefficient (Wildman–Crippen LogP) is 4.53. The van der Waals surface area contributed by atoms with Crippen molar-refractivity contribution in [3.8, 4) is 11.4 Å². The summed E-state index contributed by atoms with van der Waals surface area (Å²) in [6.45, 7) is 2.58. The molecule has 35 heavy (non-hydrogen) atoms. The average molecular weight is 512 g/mol. The highest BCUT2D eigenvalue weighted by atomic mass is 32.2. The molecule has 0 saturated heterocycles. The first-order valence-corrected chi connectivity index (χ1v) is 12.6. The van der Waals surface area contributed by atoms with Crippen LogP contribution in [-0.2, 0) is 11.3 Å². The number of carbonyl (C=O) groups is 2. The number of nitrogens with one attached hydrogen (secondary N) is 2. The van der Waals surface area contributed by atoms with Gasteiger partial charge < -0.3 is 15.4 Å². The van der Waals surface area contributed by atoms with Crippen LogP contribution in [0.1, 0.15) is 22.4 Å². The summed E-state index contributed by atoms with van der Waals surface area (Å²) in [5, 5.41) is 16.3. The second-order valence-corrected chi connectivity index (χ2v) is 9.06. The third-order valence-corrected chi connectivity index (χ3v) is 6.52. The van der Waals surface area contributed by atoms with Crippen LogP contribution in [0.15, 0.2) is 71.2 Å². The van der Waals surface area contributed by atoms with E-state index in [0.29, 0.717) is 33.8 Å². The van der Waals surface area contributed by atoms with Crippen molar-refractivity contribution in [2.75, 3.05) is 17.7 Å². The number of rotatable bonds is 10. The third-order valence-electron chi connectivity index (χ3n) is 4.72. The Morgan fingerprint density at radius 1 is 1.09 bits per heavy atom. The number of thioether (sulfide) groups is 1. The van der Waals surface area contributed by atoms with Gasteiger partial charge in [-0.3, -0.25) is 14.2 Å². The van der Waals surface area contributed by atoms with Crippen molar-refractivity contribution in [2.45, 2.75) is 18.6 Å². The Balaban J connectivity index is 1.45. The number of nitrogens with zero attached hydrogens (tertiary/aromatic N) is 3. The second-order valence-electron chi connectivity index (χ2n) is 7.16. The molecular weight excluding hydrogens is 489 g/mol. The number of aromatic nitrogens is 3. The molecule has 2 heterocycles. The number of halogens is 1. The molecule has 2 aromatic heterocycles. The van der Waals surface area contributed by atoms with Crippen LogP contribution >= 0.6 is 23.1 Å². The van der Waals surface area contributed by atoms with Gasteiger partial charge in [0.15, 0.2) is 11.0 Å². The lowest BCUT2D eigenvalue weighted by Gasteiger charge is -2.11. The minimum absolute atomic E-state index is 0.0775. The van der Waals surface area contributed by atoms with Gasteiger partial charge in [0, 0.05) is 11.4 Å². The maximum atomic E-state index is 13.5. The molecule has 0 radical (unpaired) electrons. The highest BCUT2D eigenvalue weighted by Crippen LogP contribution is 2.23. The molecule has 2 N–H and O–H groups in total. The van der Waals surface area contributed by atoms with Crippen molar-refractivity contribution in [3.63, 3.8) is 0 Å². The Kier molecular flexibility index (Phi) is 8.11. The highest BCUT2D eigenvalue weighted by molar-refractivity contribution is 7.99. The Labute approximate surface area is 209 Å². The van der Waals surface area contributed by atoms with E-state index in [1.807, 2.05) is 12.3 Å². The zero-order valence-corrected chi connectivity index (χ0v) is 20.4. The van der Waals surface area contributed by atoms with Crippen LogP contribution in [0.2, 0.25) is 0 Å². The average Bonchev–Trinajstić information content (AvgIpc) is 3.54. The van der Waals surface area contributed by atoms with Crippen molar-refractivity contribution < 1.29 is 18.7 Å². The molecule has 0 aliphatic rings. The summed E-state index contributed by atoms with van der Waals surface area (Å²) in [5.74, 6) is 0.437. The van der Waals surface area contributed by atoms with Crippen LogP contribution in [-0.4, -0.2) is 38.9 Å². The van der Waals surface area contributed by atoms with E-state index in [0.717, 1.165) is 5.75 Å². The van der Waals surface area contributed by atoms with Gasteiger partial charge in [0.25, 0.3) is 5.91 Å². The molecule has 4 rings (SSSR count). The Hall–Kier alpha value is -3.70. The minimum Gasteiger partial charge on any atom is -0.494 e. The molecule has 4 aromatic rings. The number of thiophene rings is 1. The first-order valence-electron chi connectivity index (χ1n) is 10.7. The smallest absolute Gasteiger partial charge is 0.261 e. The summed E-state index contributed by atoms with van der Waals surface area (Å²) in [4.78, 5) is 25.4. The molecular formula is C24H22FN5O3S2. The van der Waals surface area contributed by atoms with E-state index >= 15 is 0 Å². The maximum absolute atomic E-state index is 13.5.